The molecule has 0 bridgehead atoms. The number of carbonyl (C=O) groups excluding carboxylic acids is 1. The van der Waals surface area contributed by atoms with Crippen molar-refractivity contribution in [2.75, 3.05) is 0 Å². The Hall–Kier alpha value is -1.92. The highest BCUT2D eigenvalue weighted by molar-refractivity contribution is 9.10. The Morgan fingerprint density at radius 2 is 2.00 bits per heavy atom. The summed E-state index contributed by atoms with van der Waals surface area (Å²) in [4.78, 5) is 15.5. The predicted molar refractivity (Wildman–Crippen MR) is 74.4 cm³/mol. The first-order chi connectivity index (χ1) is 9.19. The summed E-state index contributed by atoms with van der Waals surface area (Å²) in [5, 5.41) is 0. The summed E-state index contributed by atoms with van der Waals surface area (Å²) >= 11 is 3.35. The number of amides is 1. The normalized spacial score (nSPS) is 10.0. The molecule has 1 amide bonds. The molecule has 1 aromatic heterocycles. The van der Waals surface area contributed by atoms with E-state index in [0.29, 0.717) is 5.69 Å². The van der Waals surface area contributed by atoms with Gasteiger partial charge >= 0.3 is 0 Å². The van der Waals surface area contributed by atoms with E-state index >= 15 is 0 Å². The third-order valence-electron chi connectivity index (χ3n) is 2.37. The zero-order valence-electron chi connectivity index (χ0n) is 9.97. The topological polar surface area (TPSA) is 77.2 Å². The minimum Gasteiger partial charge on any atom is -0.487 e. The van der Waals surface area contributed by atoms with Gasteiger partial charge < -0.3 is 4.74 Å². The maximum Gasteiger partial charge on any atom is 0.283 e. The van der Waals surface area contributed by atoms with Crippen molar-refractivity contribution in [3.63, 3.8) is 0 Å². The van der Waals surface area contributed by atoms with E-state index in [-0.39, 0.29) is 12.3 Å². The highest BCUT2D eigenvalue weighted by Crippen LogP contribution is 2.17. The summed E-state index contributed by atoms with van der Waals surface area (Å²) in [5.41, 5.74) is 2.96. The van der Waals surface area contributed by atoms with Gasteiger partial charge in [-0.2, -0.15) is 0 Å². The van der Waals surface area contributed by atoms with Crippen LogP contribution in [0.15, 0.2) is 46.9 Å². The van der Waals surface area contributed by atoms with Gasteiger partial charge in [0.2, 0.25) is 0 Å². The van der Waals surface area contributed by atoms with Crippen LogP contribution in [0.3, 0.4) is 0 Å². The van der Waals surface area contributed by atoms with E-state index in [1.54, 1.807) is 18.2 Å². The molecule has 0 aliphatic heterocycles. The third-order valence-corrected chi connectivity index (χ3v) is 2.90. The Morgan fingerprint density at radius 1 is 1.26 bits per heavy atom. The number of rotatable bonds is 4. The maximum atomic E-state index is 11.3. The summed E-state index contributed by atoms with van der Waals surface area (Å²) in [5.74, 6) is 5.37. The molecule has 0 aliphatic rings. The van der Waals surface area contributed by atoms with Crippen LogP contribution in [0.2, 0.25) is 0 Å². The molecule has 98 valence electrons. The van der Waals surface area contributed by atoms with Crippen LogP contribution in [0.1, 0.15) is 16.2 Å². The van der Waals surface area contributed by atoms with Crippen molar-refractivity contribution in [3.8, 4) is 5.75 Å². The number of ether oxygens (including phenoxy) is 1. The van der Waals surface area contributed by atoms with Crippen molar-refractivity contribution in [2.45, 2.75) is 6.61 Å². The van der Waals surface area contributed by atoms with Gasteiger partial charge in [0.15, 0.2) is 0 Å². The molecule has 0 unspecified atom stereocenters. The highest BCUT2D eigenvalue weighted by Gasteiger charge is 2.06. The van der Waals surface area contributed by atoms with Crippen LogP contribution < -0.4 is 16.0 Å². The molecule has 19 heavy (non-hydrogen) atoms. The van der Waals surface area contributed by atoms with Gasteiger partial charge in [-0.25, -0.2) is 10.8 Å². The zero-order valence-corrected chi connectivity index (χ0v) is 11.6. The number of nitrogens with two attached hydrogens (primary N) is 1. The number of halogens is 1. The van der Waals surface area contributed by atoms with Crippen molar-refractivity contribution in [1.29, 1.82) is 0 Å². The predicted octanol–water partition coefficient (Wildman–Crippen LogP) is 2.03. The molecule has 0 aliphatic carbocycles. The van der Waals surface area contributed by atoms with Crippen molar-refractivity contribution in [1.82, 2.24) is 10.4 Å². The number of hydrogen-bond acceptors (Lipinski definition) is 4. The molecule has 0 saturated heterocycles. The van der Waals surface area contributed by atoms with Crippen LogP contribution in [-0.2, 0) is 6.61 Å². The second-order valence-electron chi connectivity index (χ2n) is 3.73. The highest BCUT2D eigenvalue weighted by atomic mass is 79.9. The fourth-order valence-corrected chi connectivity index (χ4v) is 1.71. The quantitative estimate of drug-likeness (QED) is 0.513. The van der Waals surface area contributed by atoms with Gasteiger partial charge in [-0.15, -0.1) is 0 Å². The Morgan fingerprint density at radius 3 is 2.68 bits per heavy atom. The second-order valence-corrected chi connectivity index (χ2v) is 4.65. The number of nitrogens with zero attached hydrogens (tertiary/aromatic N) is 1. The summed E-state index contributed by atoms with van der Waals surface area (Å²) in [6.45, 7) is 0.285. The molecular weight excluding hydrogens is 310 g/mol. The van der Waals surface area contributed by atoms with Crippen LogP contribution in [-0.4, -0.2) is 10.9 Å². The Bertz CT molecular complexity index is 572. The number of hydrogen-bond donors (Lipinski definition) is 2. The van der Waals surface area contributed by atoms with Crippen LogP contribution in [0.25, 0.3) is 0 Å². The number of nitrogen functional groups attached to an aromatic ring is 1. The van der Waals surface area contributed by atoms with E-state index in [1.165, 1.54) is 0 Å². The zero-order chi connectivity index (χ0) is 13.7. The fraction of sp³-hybridized carbons (Fsp3) is 0.0769. The largest absolute Gasteiger partial charge is 0.487 e. The van der Waals surface area contributed by atoms with Gasteiger partial charge in [-0.05, 0) is 36.4 Å². The van der Waals surface area contributed by atoms with E-state index in [9.17, 15) is 4.79 Å². The number of nitrogens with one attached hydrogen (secondary N) is 1. The summed E-state index contributed by atoms with van der Waals surface area (Å²) < 4.78 is 6.55. The minimum absolute atomic E-state index is 0.263. The minimum atomic E-state index is -0.425. The first-order valence-electron chi connectivity index (χ1n) is 5.54. The van der Waals surface area contributed by atoms with Crippen molar-refractivity contribution < 1.29 is 9.53 Å². The molecule has 1 aromatic carbocycles. The summed E-state index contributed by atoms with van der Waals surface area (Å²) in [6.07, 6.45) is 0. The molecule has 1 heterocycles. The van der Waals surface area contributed by atoms with Gasteiger partial charge in [0, 0.05) is 4.47 Å². The molecule has 0 radical (unpaired) electrons. The lowest BCUT2D eigenvalue weighted by Gasteiger charge is -2.06. The van der Waals surface area contributed by atoms with Crippen LogP contribution in [0, 0.1) is 0 Å². The number of benzene rings is 1. The Labute approximate surface area is 118 Å². The Kier molecular flexibility index (Phi) is 4.48. The van der Waals surface area contributed by atoms with E-state index < -0.39 is 5.91 Å². The van der Waals surface area contributed by atoms with Crippen molar-refractivity contribution in [3.05, 3.63) is 58.3 Å². The lowest BCUT2D eigenvalue weighted by molar-refractivity contribution is 0.0948. The first kappa shape index (κ1) is 13.5. The van der Waals surface area contributed by atoms with Gasteiger partial charge in [0.25, 0.3) is 5.91 Å². The monoisotopic (exact) mass is 321 g/mol. The van der Waals surface area contributed by atoms with Gasteiger partial charge in [0.1, 0.15) is 18.1 Å². The molecule has 2 rings (SSSR count). The molecule has 2 aromatic rings. The second kappa shape index (κ2) is 6.31. The fourth-order valence-electron chi connectivity index (χ4n) is 1.45. The molecule has 0 spiro atoms. The molecule has 0 saturated carbocycles. The average molecular weight is 322 g/mol. The molecular formula is C13H12BrN3O2. The van der Waals surface area contributed by atoms with Crippen molar-refractivity contribution >= 4 is 21.8 Å². The first-order valence-corrected chi connectivity index (χ1v) is 6.33. The lowest BCUT2D eigenvalue weighted by Crippen LogP contribution is -2.30. The number of aromatic nitrogens is 1. The van der Waals surface area contributed by atoms with Crippen molar-refractivity contribution in [2.24, 2.45) is 5.84 Å². The molecule has 6 heteroatoms. The van der Waals surface area contributed by atoms with Crippen LogP contribution in [0.5, 0.6) is 5.75 Å². The van der Waals surface area contributed by atoms with E-state index in [2.05, 4.69) is 20.9 Å². The summed E-state index contributed by atoms with van der Waals surface area (Å²) in [7, 11) is 0. The average Bonchev–Trinajstić information content (AvgIpc) is 2.46. The van der Waals surface area contributed by atoms with Gasteiger partial charge in [0.05, 0.1) is 5.69 Å². The van der Waals surface area contributed by atoms with Crippen LogP contribution >= 0.6 is 15.9 Å². The van der Waals surface area contributed by atoms with E-state index in [1.807, 2.05) is 29.7 Å². The number of pyridine rings is 1. The van der Waals surface area contributed by atoms with E-state index in [0.717, 1.165) is 10.2 Å². The van der Waals surface area contributed by atoms with E-state index in [4.69, 9.17) is 10.6 Å². The number of carbonyl (C=O) groups is 1. The smallest absolute Gasteiger partial charge is 0.283 e. The maximum absolute atomic E-state index is 11.3. The van der Waals surface area contributed by atoms with Crippen LogP contribution in [0.4, 0.5) is 0 Å². The molecule has 0 fully saturated rings. The molecule has 3 N–H and O–H groups in total. The van der Waals surface area contributed by atoms with Gasteiger partial charge in [-0.1, -0.05) is 22.0 Å². The van der Waals surface area contributed by atoms with Gasteiger partial charge in [-0.3, -0.25) is 10.2 Å². The molecule has 5 nitrogen and oxygen atoms in total. The standard InChI is InChI=1S/C13H12BrN3O2/c14-9-4-6-11(7-5-9)19-8-10-2-1-3-12(16-10)13(18)17-15/h1-7H,8,15H2,(H,17,18). The number of hydrazine groups is 1. The molecule has 0 atom stereocenters. The third kappa shape index (κ3) is 3.77. The lowest BCUT2D eigenvalue weighted by atomic mass is 10.3. The SMILES string of the molecule is NNC(=O)c1cccc(COc2ccc(Br)cc2)n1. The Balaban J connectivity index is 2.03. The summed E-state index contributed by atoms with van der Waals surface area (Å²) in [6, 6.07) is 12.6.